The maximum Gasteiger partial charge on any atom is 0.225 e. The second-order valence-corrected chi connectivity index (χ2v) is 8.36. The largest absolute Gasteiger partial charge is 0.342 e. The highest BCUT2D eigenvalue weighted by Gasteiger charge is 2.32. The molecule has 2 amide bonds. The molecule has 6 nitrogen and oxygen atoms in total. The molecule has 0 radical (unpaired) electrons. The average molecular weight is 365 g/mol. The SMILES string of the molecule is CCN1CCN(C(=O)CC2CCN(C(=O)[C@H]3CCN[C@@H](C)C3)CC2)CC1. The van der Waals surface area contributed by atoms with Crippen molar-refractivity contribution >= 4 is 11.8 Å². The van der Waals surface area contributed by atoms with Crippen molar-refractivity contribution in [3.8, 4) is 0 Å². The summed E-state index contributed by atoms with van der Waals surface area (Å²) < 4.78 is 0. The van der Waals surface area contributed by atoms with Gasteiger partial charge in [0.1, 0.15) is 0 Å². The lowest BCUT2D eigenvalue weighted by Gasteiger charge is -2.38. The first kappa shape index (κ1) is 19.6. The van der Waals surface area contributed by atoms with Gasteiger partial charge in [-0.2, -0.15) is 0 Å². The molecule has 3 saturated heterocycles. The summed E-state index contributed by atoms with van der Waals surface area (Å²) in [6.45, 7) is 11.8. The third-order valence-electron chi connectivity index (χ3n) is 6.53. The molecule has 0 bridgehead atoms. The Morgan fingerprint density at radius 1 is 0.962 bits per heavy atom. The zero-order chi connectivity index (χ0) is 18.5. The number of amides is 2. The molecule has 3 fully saturated rings. The fourth-order valence-electron chi connectivity index (χ4n) is 4.66. The van der Waals surface area contributed by atoms with Gasteiger partial charge in [0.05, 0.1) is 0 Å². The lowest BCUT2D eigenvalue weighted by Crippen LogP contribution is -2.49. The highest BCUT2D eigenvalue weighted by Crippen LogP contribution is 2.25. The molecule has 0 aromatic carbocycles. The molecular weight excluding hydrogens is 328 g/mol. The maximum atomic E-state index is 12.8. The summed E-state index contributed by atoms with van der Waals surface area (Å²) in [5.74, 6) is 1.30. The van der Waals surface area contributed by atoms with Crippen LogP contribution in [0.15, 0.2) is 0 Å². The van der Waals surface area contributed by atoms with E-state index in [0.717, 1.165) is 78.0 Å². The van der Waals surface area contributed by atoms with E-state index < -0.39 is 0 Å². The van der Waals surface area contributed by atoms with Crippen molar-refractivity contribution in [2.75, 3.05) is 52.4 Å². The molecule has 0 spiro atoms. The first-order valence-corrected chi connectivity index (χ1v) is 10.6. The van der Waals surface area contributed by atoms with Gasteiger partial charge in [0.15, 0.2) is 0 Å². The predicted octanol–water partition coefficient (Wildman–Crippen LogP) is 1.17. The van der Waals surface area contributed by atoms with Gasteiger partial charge in [-0.05, 0) is 51.6 Å². The number of piperidine rings is 2. The number of rotatable bonds is 4. The van der Waals surface area contributed by atoms with Crippen molar-refractivity contribution in [3.63, 3.8) is 0 Å². The Kier molecular flexibility index (Phi) is 6.92. The number of hydrogen-bond acceptors (Lipinski definition) is 4. The third-order valence-corrected chi connectivity index (χ3v) is 6.53. The summed E-state index contributed by atoms with van der Waals surface area (Å²) >= 11 is 0. The lowest BCUT2D eigenvalue weighted by molar-refractivity contribution is -0.138. The summed E-state index contributed by atoms with van der Waals surface area (Å²) in [5.41, 5.74) is 0. The number of carbonyl (C=O) groups excluding carboxylic acids is 2. The number of likely N-dealkylation sites (N-methyl/N-ethyl adjacent to an activating group) is 1. The molecular formula is C20H36N4O2. The Hall–Kier alpha value is -1.14. The number of nitrogens with one attached hydrogen (secondary N) is 1. The molecule has 26 heavy (non-hydrogen) atoms. The first-order chi connectivity index (χ1) is 12.6. The Balaban J connectivity index is 1.39. The zero-order valence-corrected chi connectivity index (χ0v) is 16.6. The van der Waals surface area contributed by atoms with E-state index in [1.807, 2.05) is 4.90 Å². The summed E-state index contributed by atoms with van der Waals surface area (Å²) in [5, 5.41) is 3.42. The Morgan fingerprint density at radius 2 is 1.65 bits per heavy atom. The topological polar surface area (TPSA) is 55.9 Å². The molecule has 3 rings (SSSR count). The molecule has 3 heterocycles. The Bertz CT molecular complexity index is 482. The van der Waals surface area contributed by atoms with E-state index in [1.54, 1.807) is 0 Å². The van der Waals surface area contributed by atoms with E-state index in [1.165, 1.54) is 0 Å². The monoisotopic (exact) mass is 364 g/mol. The molecule has 2 atom stereocenters. The molecule has 6 heteroatoms. The standard InChI is InChI=1S/C20H36N4O2/c1-3-22-10-12-23(13-11-22)19(25)15-17-5-8-24(9-6-17)20(26)18-4-7-21-16(2)14-18/h16-18,21H,3-15H2,1-2H3/t16-,18-/m0/s1. The number of piperazine rings is 1. The van der Waals surface area contributed by atoms with Crippen molar-refractivity contribution < 1.29 is 9.59 Å². The van der Waals surface area contributed by atoms with Crippen molar-refractivity contribution in [1.82, 2.24) is 20.0 Å². The third kappa shape index (κ3) is 4.97. The van der Waals surface area contributed by atoms with Gasteiger partial charge >= 0.3 is 0 Å². The van der Waals surface area contributed by atoms with E-state index in [9.17, 15) is 9.59 Å². The van der Waals surface area contributed by atoms with Crippen LogP contribution >= 0.6 is 0 Å². The molecule has 0 aliphatic carbocycles. The van der Waals surface area contributed by atoms with Crippen molar-refractivity contribution in [2.45, 2.75) is 52.0 Å². The quantitative estimate of drug-likeness (QED) is 0.814. The Labute approximate surface area is 158 Å². The fourth-order valence-corrected chi connectivity index (χ4v) is 4.66. The minimum Gasteiger partial charge on any atom is -0.342 e. The fraction of sp³-hybridized carbons (Fsp3) is 0.900. The average Bonchev–Trinajstić information content (AvgIpc) is 2.68. The molecule has 3 aliphatic heterocycles. The minimum atomic E-state index is 0.194. The molecule has 0 aromatic rings. The second-order valence-electron chi connectivity index (χ2n) is 8.36. The van der Waals surface area contributed by atoms with Crippen LogP contribution in [0.4, 0.5) is 0 Å². The lowest BCUT2D eigenvalue weighted by atomic mass is 9.89. The summed E-state index contributed by atoms with van der Waals surface area (Å²) in [4.78, 5) is 31.8. The molecule has 0 aromatic heterocycles. The van der Waals surface area contributed by atoms with E-state index in [2.05, 4.69) is 29.0 Å². The van der Waals surface area contributed by atoms with E-state index in [-0.39, 0.29) is 5.92 Å². The van der Waals surface area contributed by atoms with Crippen LogP contribution in [-0.4, -0.2) is 84.9 Å². The normalized spacial score (nSPS) is 29.0. The van der Waals surface area contributed by atoms with Crippen molar-refractivity contribution in [3.05, 3.63) is 0 Å². The van der Waals surface area contributed by atoms with Crippen LogP contribution in [-0.2, 0) is 9.59 Å². The van der Waals surface area contributed by atoms with E-state index >= 15 is 0 Å². The van der Waals surface area contributed by atoms with Gasteiger partial charge in [0.2, 0.25) is 11.8 Å². The van der Waals surface area contributed by atoms with Crippen LogP contribution in [0.1, 0.15) is 46.0 Å². The van der Waals surface area contributed by atoms with Gasteiger partial charge in [-0.25, -0.2) is 0 Å². The summed E-state index contributed by atoms with van der Waals surface area (Å²) in [6.07, 6.45) is 4.55. The van der Waals surface area contributed by atoms with Crippen LogP contribution in [0.2, 0.25) is 0 Å². The predicted molar refractivity (Wildman–Crippen MR) is 103 cm³/mol. The second kappa shape index (κ2) is 9.18. The summed E-state index contributed by atoms with van der Waals surface area (Å²) in [7, 11) is 0. The Morgan fingerprint density at radius 3 is 2.27 bits per heavy atom. The van der Waals surface area contributed by atoms with Gasteiger partial charge in [-0.1, -0.05) is 6.92 Å². The van der Waals surface area contributed by atoms with Crippen LogP contribution in [0.3, 0.4) is 0 Å². The molecule has 0 saturated carbocycles. The highest BCUT2D eigenvalue weighted by atomic mass is 16.2. The van der Waals surface area contributed by atoms with Crippen LogP contribution in [0, 0.1) is 11.8 Å². The zero-order valence-electron chi connectivity index (χ0n) is 16.6. The van der Waals surface area contributed by atoms with Gasteiger partial charge in [0.25, 0.3) is 0 Å². The molecule has 0 unspecified atom stereocenters. The van der Waals surface area contributed by atoms with Crippen LogP contribution in [0.5, 0.6) is 0 Å². The maximum absolute atomic E-state index is 12.8. The van der Waals surface area contributed by atoms with Gasteiger partial charge in [-0.3, -0.25) is 9.59 Å². The van der Waals surface area contributed by atoms with Crippen LogP contribution in [0.25, 0.3) is 0 Å². The first-order valence-electron chi connectivity index (χ1n) is 10.6. The number of nitrogens with zero attached hydrogens (tertiary/aromatic N) is 3. The van der Waals surface area contributed by atoms with Crippen molar-refractivity contribution in [2.24, 2.45) is 11.8 Å². The molecule has 148 valence electrons. The van der Waals surface area contributed by atoms with Gasteiger partial charge in [0, 0.05) is 57.6 Å². The van der Waals surface area contributed by atoms with Crippen LogP contribution < -0.4 is 5.32 Å². The number of likely N-dealkylation sites (tertiary alicyclic amines) is 1. The van der Waals surface area contributed by atoms with Gasteiger partial charge < -0.3 is 20.0 Å². The summed E-state index contributed by atoms with van der Waals surface area (Å²) in [6, 6.07) is 0.445. The molecule has 3 aliphatic rings. The van der Waals surface area contributed by atoms with E-state index in [0.29, 0.717) is 30.2 Å². The number of carbonyl (C=O) groups is 2. The van der Waals surface area contributed by atoms with Gasteiger partial charge in [-0.15, -0.1) is 0 Å². The van der Waals surface area contributed by atoms with Crippen molar-refractivity contribution in [1.29, 1.82) is 0 Å². The highest BCUT2D eigenvalue weighted by molar-refractivity contribution is 5.79. The van der Waals surface area contributed by atoms with E-state index in [4.69, 9.17) is 0 Å². The minimum absolute atomic E-state index is 0.194. The smallest absolute Gasteiger partial charge is 0.225 e. The number of hydrogen-bond donors (Lipinski definition) is 1. The molecule has 1 N–H and O–H groups in total.